The molecule has 15 heavy (non-hydrogen) atoms. The van der Waals surface area contributed by atoms with Gasteiger partial charge >= 0.3 is 0 Å². The van der Waals surface area contributed by atoms with Gasteiger partial charge in [0.15, 0.2) is 5.78 Å². The summed E-state index contributed by atoms with van der Waals surface area (Å²) in [7, 11) is 0. The molecule has 1 spiro atoms. The molecule has 3 rings (SSSR count). The van der Waals surface area contributed by atoms with Crippen LogP contribution in [0.1, 0.15) is 16.9 Å². The Bertz CT molecular complexity index is 404. The van der Waals surface area contributed by atoms with Crippen LogP contribution in [0.3, 0.4) is 0 Å². The predicted octanol–water partition coefficient (Wildman–Crippen LogP) is 0.811. The average Bonchev–Trinajstić information content (AvgIpc) is 2.15. The fourth-order valence-electron chi connectivity index (χ4n) is 1.93. The molecule has 0 saturated carbocycles. The highest BCUT2D eigenvalue weighted by Crippen LogP contribution is 2.33. The largest absolute Gasteiger partial charge is 0.482 e. The van der Waals surface area contributed by atoms with E-state index < -0.39 is 0 Å². The molecule has 2 aliphatic heterocycles. The van der Waals surface area contributed by atoms with Crippen LogP contribution in [0.2, 0.25) is 0 Å². The molecule has 4 nitrogen and oxygen atoms in total. The van der Waals surface area contributed by atoms with Gasteiger partial charge in [0, 0.05) is 19.3 Å². The van der Waals surface area contributed by atoms with E-state index in [1.54, 1.807) is 18.3 Å². The number of ether oxygens (including phenoxy) is 1. The Morgan fingerprint density at radius 1 is 1.47 bits per heavy atom. The molecule has 1 fully saturated rings. The monoisotopic (exact) mass is 226 g/mol. The van der Waals surface area contributed by atoms with Gasteiger partial charge < -0.3 is 10.1 Å². The number of carbonyl (C=O) groups excluding carboxylic acids is 1. The first kappa shape index (κ1) is 10.4. The molecule has 3 heterocycles. The molecule has 80 valence electrons. The first-order valence-corrected chi connectivity index (χ1v) is 4.67. The number of hydrogen-bond donors (Lipinski definition) is 1. The minimum absolute atomic E-state index is 0. The van der Waals surface area contributed by atoms with Gasteiger partial charge in [0.25, 0.3) is 0 Å². The molecule has 1 aromatic rings. The van der Waals surface area contributed by atoms with Crippen molar-refractivity contribution in [2.45, 2.75) is 12.0 Å². The summed E-state index contributed by atoms with van der Waals surface area (Å²) in [6, 6.07) is 3.59. The molecule has 1 N–H and O–H groups in total. The minimum atomic E-state index is -0.285. The van der Waals surface area contributed by atoms with E-state index in [0.29, 0.717) is 17.9 Å². The number of pyridine rings is 1. The molecule has 0 aromatic carbocycles. The third-order valence-electron chi connectivity index (χ3n) is 2.74. The van der Waals surface area contributed by atoms with Gasteiger partial charge in [-0.1, -0.05) is 0 Å². The summed E-state index contributed by atoms with van der Waals surface area (Å²) in [5, 5.41) is 3.13. The van der Waals surface area contributed by atoms with Crippen LogP contribution < -0.4 is 10.1 Å². The van der Waals surface area contributed by atoms with Crippen molar-refractivity contribution in [2.24, 2.45) is 0 Å². The number of aromatic nitrogens is 1. The van der Waals surface area contributed by atoms with E-state index in [2.05, 4.69) is 10.3 Å². The molecule has 0 bridgehead atoms. The molecular formula is C10H11ClN2O2. The van der Waals surface area contributed by atoms with E-state index >= 15 is 0 Å². The van der Waals surface area contributed by atoms with Crippen LogP contribution in [-0.4, -0.2) is 29.5 Å². The van der Waals surface area contributed by atoms with Gasteiger partial charge in [-0.3, -0.25) is 4.79 Å². The lowest BCUT2D eigenvalue weighted by Crippen LogP contribution is -2.65. The second kappa shape index (κ2) is 3.47. The van der Waals surface area contributed by atoms with Crippen molar-refractivity contribution < 1.29 is 9.53 Å². The van der Waals surface area contributed by atoms with Crippen LogP contribution in [0.5, 0.6) is 5.75 Å². The lowest BCUT2D eigenvalue weighted by molar-refractivity contribution is 0.00158. The highest BCUT2D eigenvalue weighted by Gasteiger charge is 2.45. The molecule has 0 radical (unpaired) electrons. The number of nitrogens with one attached hydrogen (secondary N) is 1. The van der Waals surface area contributed by atoms with Crippen LogP contribution in [0.25, 0.3) is 0 Å². The number of halogens is 1. The zero-order valence-corrected chi connectivity index (χ0v) is 8.84. The number of ketones is 1. The van der Waals surface area contributed by atoms with E-state index in [1.165, 1.54) is 0 Å². The Balaban J connectivity index is 0.000000853. The molecule has 1 saturated heterocycles. The van der Waals surface area contributed by atoms with Gasteiger partial charge in [-0.05, 0) is 12.1 Å². The normalized spacial score (nSPS) is 20.9. The fourth-order valence-corrected chi connectivity index (χ4v) is 1.93. The summed E-state index contributed by atoms with van der Waals surface area (Å²) in [4.78, 5) is 15.8. The lowest BCUT2D eigenvalue weighted by Gasteiger charge is -2.44. The van der Waals surface area contributed by atoms with Crippen molar-refractivity contribution in [3.05, 3.63) is 24.0 Å². The van der Waals surface area contributed by atoms with Gasteiger partial charge in [0.05, 0.1) is 6.42 Å². The van der Waals surface area contributed by atoms with Crippen LogP contribution in [0.15, 0.2) is 18.3 Å². The fraction of sp³-hybridized carbons (Fsp3) is 0.400. The molecule has 1 aromatic heterocycles. The average molecular weight is 227 g/mol. The third-order valence-corrected chi connectivity index (χ3v) is 2.74. The van der Waals surface area contributed by atoms with Crippen LogP contribution in [0.4, 0.5) is 0 Å². The topological polar surface area (TPSA) is 51.2 Å². The minimum Gasteiger partial charge on any atom is -0.482 e. The Morgan fingerprint density at radius 3 is 2.93 bits per heavy atom. The van der Waals surface area contributed by atoms with E-state index in [4.69, 9.17) is 4.74 Å². The quantitative estimate of drug-likeness (QED) is 0.712. The van der Waals surface area contributed by atoms with E-state index in [9.17, 15) is 4.79 Å². The van der Waals surface area contributed by atoms with Crippen molar-refractivity contribution in [1.29, 1.82) is 0 Å². The van der Waals surface area contributed by atoms with E-state index in [-0.39, 0.29) is 23.8 Å². The maximum absolute atomic E-state index is 11.7. The SMILES string of the molecule is Cl.O=C1CC2(CNC2)Oc2cccnc21. The van der Waals surface area contributed by atoms with Crippen LogP contribution in [-0.2, 0) is 0 Å². The predicted molar refractivity (Wildman–Crippen MR) is 56.7 cm³/mol. The second-order valence-corrected chi connectivity index (χ2v) is 3.84. The third kappa shape index (κ3) is 1.50. The van der Waals surface area contributed by atoms with Crippen molar-refractivity contribution in [3.8, 4) is 5.75 Å². The maximum atomic E-state index is 11.7. The first-order valence-electron chi connectivity index (χ1n) is 4.67. The zero-order valence-electron chi connectivity index (χ0n) is 8.03. The number of carbonyl (C=O) groups is 1. The lowest BCUT2D eigenvalue weighted by atomic mass is 9.87. The molecular weight excluding hydrogens is 216 g/mol. The highest BCUT2D eigenvalue weighted by atomic mass is 35.5. The van der Waals surface area contributed by atoms with Crippen LogP contribution >= 0.6 is 12.4 Å². The number of rotatable bonds is 0. The van der Waals surface area contributed by atoms with E-state index in [1.807, 2.05) is 0 Å². The summed E-state index contributed by atoms with van der Waals surface area (Å²) >= 11 is 0. The summed E-state index contributed by atoms with van der Waals surface area (Å²) in [6.07, 6.45) is 2.07. The molecule has 0 unspecified atom stereocenters. The smallest absolute Gasteiger partial charge is 0.189 e. The van der Waals surface area contributed by atoms with Crippen molar-refractivity contribution in [1.82, 2.24) is 10.3 Å². The number of Topliss-reactive ketones (excluding diaryl/α,β-unsaturated/α-hetero) is 1. The summed E-state index contributed by atoms with van der Waals surface area (Å²) < 4.78 is 5.78. The summed E-state index contributed by atoms with van der Waals surface area (Å²) in [5.41, 5.74) is 0.192. The standard InChI is InChI=1S/C10H10N2O2.ClH/c13-7-4-10(5-11-6-10)14-8-2-1-3-12-9(7)8;/h1-3,11H,4-6H2;1H. The molecule has 2 aliphatic rings. The number of nitrogens with zero attached hydrogens (tertiary/aromatic N) is 1. The molecule has 0 atom stereocenters. The highest BCUT2D eigenvalue weighted by molar-refractivity contribution is 5.98. The Labute approximate surface area is 93.4 Å². The Kier molecular flexibility index (Phi) is 2.40. The van der Waals surface area contributed by atoms with Gasteiger partial charge in [0.1, 0.15) is 17.0 Å². The van der Waals surface area contributed by atoms with Crippen molar-refractivity contribution in [2.75, 3.05) is 13.1 Å². The van der Waals surface area contributed by atoms with Gasteiger partial charge in [0.2, 0.25) is 0 Å². The molecule has 0 aliphatic carbocycles. The first-order chi connectivity index (χ1) is 6.79. The molecule has 5 heteroatoms. The Morgan fingerprint density at radius 2 is 2.27 bits per heavy atom. The molecule has 0 amide bonds. The number of hydrogen-bond acceptors (Lipinski definition) is 4. The van der Waals surface area contributed by atoms with Crippen LogP contribution in [0, 0.1) is 0 Å². The zero-order chi connectivity index (χ0) is 9.60. The van der Waals surface area contributed by atoms with Gasteiger partial charge in [-0.2, -0.15) is 0 Å². The number of fused-ring (bicyclic) bond motifs is 1. The van der Waals surface area contributed by atoms with E-state index in [0.717, 1.165) is 13.1 Å². The Hall–Kier alpha value is -1.13. The van der Waals surface area contributed by atoms with Crippen molar-refractivity contribution >= 4 is 18.2 Å². The maximum Gasteiger partial charge on any atom is 0.189 e. The van der Waals surface area contributed by atoms with Gasteiger partial charge in [-0.25, -0.2) is 4.98 Å². The summed E-state index contributed by atoms with van der Waals surface area (Å²) in [5.74, 6) is 0.721. The van der Waals surface area contributed by atoms with Crippen molar-refractivity contribution in [3.63, 3.8) is 0 Å². The summed E-state index contributed by atoms with van der Waals surface area (Å²) in [6.45, 7) is 1.51. The second-order valence-electron chi connectivity index (χ2n) is 3.84. The van der Waals surface area contributed by atoms with Gasteiger partial charge in [-0.15, -0.1) is 12.4 Å².